The Bertz CT molecular complexity index is 382. The number of ketones is 1. The Morgan fingerprint density at radius 3 is 2.38 bits per heavy atom. The van der Waals surface area contributed by atoms with E-state index < -0.39 is 0 Å². The summed E-state index contributed by atoms with van der Waals surface area (Å²) in [5.74, 6) is -0.0527. The van der Waals surface area contributed by atoms with Crippen LogP contribution in [-0.4, -0.2) is 5.78 Å². The van der Waals surface area contributed by atoms with Crippen molar-refractivity contribution in [2.45, 2.75) is 20.8 Å². The smallest absolute Gasteiger partial charge is 0.158 e. The van der Waals surface area contributed by atoms with Crippen molar-refractivity contribution in [1.82, 2.24) is 4.98 Å². The summed E-state index contributed by atoms with van der Waals surface area (Å²) in [5.41, 5.74) is 1.31. The zero-order chi connectivity index (χ0) is 9.30. The molecule has 1 radical (unpaired) electrons. The average molecular weight is 345 g/mol. The molecular formula is C9H10NO2Ta-. The molecule has 0 bridgehead atoms. The molecule has 13 heavy (non-hydrogen) atoms. The van der Waals surface area contributed by atoms with Crippen molar-refractivity contribution in [3.63, 3.8) is 0 Å². The van der Waals surface area contributed by atoms with Crippen LogP contribution in [0.3, 0.4) is 0 Å². The first-order valence-corrected chi connectivity index (χ1v) is 3.68. The number of pyridine rings is 1. The van der Waals surface area contributed by atoms with Gasteiger partial charge in [-0.05, 0) is 31.0 Å². The van der Waals surface area contributed by atoms with E-state index in [4.69, 9.17) is 0 Å². The van der Waals surface area contributed by atoms with Crippen molar-refractivity contribution < 1.29 is 27.2 Å². The van der Waals surface area contributed by atoms with Gasteiger partial charge in [-0.3, -0.25) is 4.79 Å². The molecule has 1 rings (SSSR count). The summed E-state index contributed by atoms with van der Waals surface area (Å²) in [6, 6.07) is 1.59. The maximum Gasteiger partial charge on any atom is 0.158 e. The first-order valence-electron chi connectivity index (χ1n) is 3.68. The number of carbonyl (C=O) groups excluding carboxylic acids is 1. The van der Waals surface area contributed by atoms with Crippen molar-refractivity contribution >= 4 is 5.78 Å². The van der Waals surface area contributed by atoms with Gasteiger partial charge in [0.15, 0.2) is 5.78 Å². The van der Waals surface area contributed by atoms with Gasteiger partial charge in [0.1, 0.15) is 0 Å². The maximum absolute atomic E-state index is 11.0. The van der Waals surface area contributed by atoms with Gasteiger partial charge < -0.3 is 9.78 Å². The SMILES string of the molecule is CC(=O)c1cc(C)c(=O)[n-]c1C.[Ta]. The van der Waals surface area contributed by atoms with Crippen molar-refractivity contribution in [3.8, 4) is 0 Å². The molecule has 0 atom stereocenters. The number of aromatic nitrogens is 1. The molecule has 0 aliphatic heterocycles. The molecule has 0 N–H and O–H groups in total. The Hall–Kier alpha value is -0.640. The van der Waals surface area contributed by atoms with Crippen LogP contribution in [0, 0.1) is 13.8 Å². The topological polar surface area (TPSA) is 48.2 Å². The summed E-state index contributed by atoms with van der Waals surface area (Å²) in [6.45, 7) is 4.78. The summed E-state index contributed by atoms with van der Waals surface area (Å²) in [5, 5.41) is 0. The van der Waals surface area contributed by atoms with Gasteiger partial charge in [0.25, 0.3) is 0 Å². The molecule has 0 spiro atoms. The molecule has 0 aromatic carbocycles. The van der Waals surface area contributed by atoms with Gasteiger partial charge in [-0.2, -0.15) is 0 Å². The number of carbonyl (C=O) groups is 1. The Kier molecular flexibility index (Phi) is 4.33. The Balaban J connectivity index is 0.00000144. The second kappa shape index (κ2) is 4.56. The summed E-state index contributed by atoms with van der Waals surface area (Å²) < 4.78 is 0. The summed E-state index contributed by atoms with van der Waals surface area (Å²) in [4.78, 5) is 25.7. The molecule has 0 aliphatic carbocycles. The number of Topliss-reactive ketones (excluding diaryl/α,β-unsaturated/α-hetero) is 1. The molecule has 4 heteroatoms. The molecule has 0 aliphatic rings. The van der Waals surface area contributed by atoms with E-state index in [1.165, 1.54) is 6.92 Å². The Morgan fingerprint density at radius 2 is 1.92 bits per heavy atom. The van der Waals surface area contributed by atoms with Crippen LogP contribution in [0.4, 0.5) is 0 Å². The zero-order valence-corrected chi connectivity index (χ0v) is 11.0. The normalized spacial score (nSPS) is 9.15. The fourth-order valence-corrected chi connectivity index (χ4v) is 1.04. The van der Waals surface area contributed by atoms with E-state index in [1.54, 1.807) is 19.9 Å². The predicted octanol–water partition coefficient (Wildman–Crippen LogP) is 0.821. The second-order valence-electron chi connectivity index (χ2n) is 2.80. The van der Waals surface area contributed by atoms with Crippen LogP contribution in [-0.2, 0) is 22.4 Å². The summed E-state index contributed by atoms with van der Waals surface area (Å²) in [6.07, 6.45) is 0. The Labute approximate surface area is 92.1 Å². The minimum absolute atomic E-state index is 0. The van der Waals surface area contributed by atoms with Crippen LogP contribution in [0.15, 0.2) is 10.9 Å². The minimum atomic E-state index is -0.252. The predicted molar refractivity (Wildman–Crippen MR) is 45.5 cm³/mol. The largest absolute Gasteiger partial charge is 0.626 e. The number of aryl methyl sites for hydroxylation is 2. The van der Waals surface area contributed by atoms with Gasteiger partial charge in [0.05, 0.1) is 5.56 Å². The fraction of sp³-hybridized carbons (Fsp3) is 0.333. The average Bonchev–Trinajstić information content (AvgIpc) is 1.96. The molecule has 0 amide bonds. The third-order valence-corrected chi connectivity index (χ3v) is 1.74. The molecule has 0 saturated heterocycles. The van der Waals surface area contributed by atoms with E-state index in [9.17, 15) is 9.59 Å². The number of hydrogen-bond donors (Lipinski definition) is 0. The summed E-state index contributed by atoms with van der Waals surface area (Å²) in [7, 11) is 0. The monoisotopic (exact) mass is 345 g/mol. The van der Waals surface area contributed by atoms with E-state index in [0.717, 1.165) is 0 Å². The Morgan fingerprint density at radius 1 is 1.38 bits per heavy atom. The maximum atomic E-state index is 11.0. The molecule has 1 aromatic rings. The van der Waals surface area contributed by atoms with Crippen molar-refractivity contribution in [2.24, 2.45) is 0 Å². The van der Waals surface area contributed by atoms with Gasteiger partial charge in [-0.25, -0.2) is 0 Å². The van der Waals surface area contributed by atoms with E-state index in [0.29, 0.717) is 16.8 Å². The van der Waals surface area contributed by atoms with Crippen LogP contribution in [0.1, 0.15) is 28.5 Å². The van der Waals surface area contributed by atoms with Gasteiger partial charge >= 0.3 is 0 Å². The second-order valence-corrected chi connectivity index (χ2v) is 2.80. The first-order chi connectivity index (χ1) is 5.52. The molecule has 0 unspecified atom stereocenters. The van der Waals surface area contributed by atoms with Gasteiger partial charge in [0.2, 0.25) is 0 Å². The van der Waals surface area contributed by atoms with Crippen LogP contribution in [0.2, 0.25) is 0 Å². The summed E-state index contributed by atoms with van der Waals surface area (Å²) >= 11 is 0. The van der Waals surface area contributed by atoms with E-state index >= 15 is 0 Å². The van der Waals surface area contributed by atoms with Crippen LogP contribution in [0.25, 0.3) is 0 Å². The zero-order valence-electron chi connectivity index (χ0n) is 7.79. The molecule has 69 valence electrons. The molecule has 0 fully saturated rings. The van der Waals surface area contributed by atoms with Gasteiger partial charge in [-0.15, -0.1) is 5.69 Å². The van der Waals surface area contributed by atoms with Crippen LogP contribution >= 0.6 is 0 Å². The third-order valence-electron chi connectivity index (χ3n) is 1.74. The third kappa shape index (κ3) is 2.66. The number of rotatable bonds is 1. The van der Waals surface area contributed by atoms with E-state index in [1.807, 2.05) is 0 Å². The standard InChI is InChI=1S/C9H11NO2.Ta/c1-5-4-8(7(3)11)6(2)10-9(5)12;/h4H,1-3H3,(H,10,11,12);/p-1. The number of nitrogens with zero attached hydrogens (tertiary/aromatic N) is 1. The van der Waals surface area contributed by atoms with Gasteiger partial charge in [-0.1, -0.05) is 6.92 Å². The first kappa shape index (κ1) is 12.4. The van der Waals surface area contributed by atoms with Crippen molar-refractivity contribution in [3.05, 3.63) is 33.2 Å². The quantitative estimate of drug-likeness (QED) is 0.709. The minimum Gasteiger partial charge on any atom is -0.626 e. The van der Waals surface area contributed by atoms with Crippen LogP contribution in [0.5, 0.6) is 0 Å². The van der Waals surface area contributed by atoms with Crippen molar-refractivity contribution in [1.29, 1.82) is 0 Å². The van der Waals surface area contributed by atoms with E-state index in [-0.39, 0.29) is 33.7 Å². The molecule has 1 heterocycles. The van der Waals surface area contributed by atoms with Crippen LogP contribution < -0.4 is 10.5 Å². The van der Waals surface area contributed by atoms with Gasteiger partial charge in [0, 0.05) is 22.4 Å². The molecule has 1 aromatic heterocycles. The molecule has 0 saturated carbocycles. The molecular weight excluding hydrogens is 335 g/mol. The van der Waals surface area contributed by atoms with Crippen molar-refractivity contribution in [2.75, 3.05) is 0 Å². The van der Waals surface area contributed by atoms with E-state index in [2.05, 4.69) is 4.98 Å². The number of hydrogen-bond acceptors (Lipinski definition) is 2. The fourth-order valence-electron chi connectivity index (χ4n) is 1.04. The molecule has 3 nitrogen and oxygen atoms in total.